The summed E-state index contributed by atoms with van der Waals surface area (Å²) in [4.78, 5) is 22.9. The topological polar surface area (TPSA) is 72.2 Å². The number of amides is 2. The number of fused-ring (bicyclic) bond motifs is 1. The summed E-state index contributed by atoms with van der Waals surface area (Å²) in [5.41, 5.74) is 1.22. The molecule has 0 radical (unpaired) electrons. The second-order valence-corrected chi connectivity index (χ2v) is 5.04. The van der Waals surface area contributed by atoms with Crippen LogP contribution in [0.4, 0.5) is 0 Å². The lowest BCUT2D eigenvalue weighted by Crippen LogP contribution is -2.39. The minimum Gasteiger partial charge on any atom is -0.355 e. The maximum atomic E-state index is 11.8. The number of imide groups is 1. The minimum absolute atomic E-state index is 0.231. The summed E-state index contributed by atoms with van der Waals surface area (Å²) in [7, 11) is 0. The normalized spacial score (nSPS) is 20.2. The fourth-order valence-electron chi connectivity index (χ4n) is 2.15. The highest BCUT2D eigenvalue weighted by Crippen LogP contribution is 2.33. The van der Waals surface area contributed by atoms with Gasteiger partial charge >= 0.3 is 0 Å². The van der Waals surface area contributed by atoms with Gasteiger partial charge in [-0.3, -0.25) is 14.9 Å². The van der Waals surface area contributed by atoms with E-state index in [0.29, 0.717) is 24.1 Å². The van der Waals surface area contributed by atoms with E-state index in [-0.39, 0.29) is 11.8 Å². The number of para-hydroxylation sites is 1. The zero-order chi connectivity index (χ0) is 12.7. The summed E-state index contributed by atoms with van der Waals surface area (Å²) in [5.74, 6) is -0.954. The van der Waals surface area contributed by atoms with Gasteiger partial charge in [-0.2, -0.15) is 0 Å². The van der Waals surface area contributed by atoms with Gasteiger partial charge in [0, 0.05) is 11.8 Å². The summed E-state index contributed by atoms with van der Waals surface area (Å²) >= 11 is 3.37. The Balaban J connectivity index is 2.07. The van der Waals surface area contributed by atoms with Crippen molar-refractivity contribution in [3.8, 4) is 0 Å². The van der Waals surface area contributed by atoms with Crippen molar-refractivity contribution in [2.45, 2.75) is 18.8 Å². The van der Waals surface area contributed by atoms with Crippen molar-refractivity contribution in [1.82, 2.24) is 10.5 Å². The highest BCUT2D eigenvalue weighted by Gasteiger charge is 2.31. The molecular weight excluding hydrogens is 300 g/mol. The first-order valence-electron chi connectivity index (χ1n) is 5.54. The average molecular weight is 309 g/mol. The Kier molecular flexibility index (Phi) is 2.66. The number of benzene rings is 1. The number of carbonyl (C=O) groups is 2. The number of halogens is 1. The molecule has 1 unspecified atom stereocenters. The van der Waals surface area contributed by atoms with Crippen LogP contribution in [-0.2, 0) is 9.59 Å². The van der Waals surface area contributed by atoms with Crippen molar-refractivity contribution < 1.29 is 14.1 Å². The van der Waals surface area contributed by atoms with E-state index in [9.17, 15) is 9.59 Å². The molecule has 2 aromatic rings. The van der Waals surface area contributed by atoms with E-state index in [1.165, 1.54) is 0 Å². The van der Waals surface area contributed by atoms with Gasteiger partial charge in [-0.1, -0.05) is 11.2 Å². The lowest BCUT2D eigenvalue weighted by atomic mass is 9.93. The van der Waals surface area contributed by atoms with Gasteiger partial charge in [0.15, 0.2) is 5.58 Å². The van der Waals surface area contributed by atoms with Crippen molar-refractivity contribution >= 4 is 38.7 Å². The monoisotopic (exact) mass is 308 g/mol. The fourth-order valence-corrected chi connectivity index (χ4v) is 2.59. The van der Waals surface area contributed by atoms with Gasteiger partial charge < -0.3 is 4.52 Å². The number of hydrogen-bond donors (Lipinski definition) is 1. The van der Waals surface area contributed by atoms with Crippen molar-refractivity contribution in [2.75, 3.05) is 0 Å². The molecule has 18 heavy (non-hydrogen) atoms. The van der Waals surface area contributed by atoms with Gasteiger partial charge in [0.25, 0.3) is 0 Å². The molecular formula is C12H9BrN2O3. The number of nitrogens with one attached hydrogen (secondary N) is 1. The number of nitrogens with zero attached hydrogens (tertiary/aromatic N) is 1. The average Bonchev–Trinajstić information content (AvgIpc) is 2.74. The van der Waals surface area contributed by atoms with Crippen LogP contribution in [0, 0.1) is 0 Å². The summed E-state index contributed by atoms with van der Waals surface area (Å²) in [5, 5.41) is 7.11. The number of aromatic nitrogens is 1. The molecule has 0 bridgehead atoms. The first kappa shape index (κ1) is 11.4. The van der Waals surface area contributed by atoms with E-state index in [1.54, 1.807) is 0 Å². The maximum absolute atomic E-state index is 11.8. The van der Waals surface area contributed by atoms with Gasteiger partial charge in [0.05, 0.1) is 10.4 Å². The van der Waals surface area contributed by atoms with Crippen molar-refractivity contribution in [1.29, 1.82) is 0 Å². The third-order valence-corrected chi connectivity index (χ3v) is 3.67. The SMILES string of the molecule is O=C1CCC(c2noc3c(Br)cccc23)C(=O)N1. The van der Waals surface area contributed by atoms with Crippen molar-refractivity contribution in [2.24, 2.45) is 0 Å². The molecule has 6 heteroatoms. The van der Waals surface area contributed by atoms with E-state index in [1.807, 2.05) is 18.2 Å². The van der Waals surface area contributed by atoms with Crippen LogP contribution in [-0.4, -0.2) is 17.0 Å². The molecule has 1 aliphatic heterocycles. The van der Waals surface area contributed by atoms with E-state index < -0.39 is 5.92 Å². The number of rotatable bonds is 1. The lowest BCUT2D eigenvalue weighted by Gasteiger charge is -2.18. The third-order valence-electron chi connectivity index (χ3n) is 3.05. The van der Waals surface area contributed by atoms with Crippen LogP contribution in [0.3, 0.4) is 0 Å². The number of piperidine rings is 1. The van der Waals surface area contributed by atoms with Crippen LogP contribution >= 0.6 is 15.9 Å². The van der Waals surface area contributed by atoms with Crippen LogP contribution in [0.25, 0.3) is 11.0 Å². The molecule has 92 valence electrons. The molecule has 1 N–H and O–H groups in total. The van der Waals surface area contributed by atoms with Crippen molar-refractivity contribution in [3.05, 3.63) is 28.4 Å². The predicted molar refractivity (Wildman–Crippen MR) is 66.8 cm³/mol. The van der Waals surface area contributed by atoms with Crippen molar-refractivity contribution in [3.63, 3.8) is 0 Å². The second-order valence-electron chi connectivity index (χ2n) is 4.19. The Hall–Kier alpha value is -1.69. The molecule has 0 aliphatic carbocycles. The Morgan fingerprint density at radius 2 is 2.22 bits per heavy atom. The lowest BCUT2D eigenvalue weighted by molar-refractivity contribution is -0.134. The highest BCUT2D eigenvalue weighted by molar-refractivity contribution is 9.10. The Labute approximate surface area is 111 Å². The Morgan fingerprint density at radius 1 is 1.39 bits per heavy atom. The molecule has 2 heterocycles. The van der Waals surface area contributed by atoms with E-state index in [0.717, 1.165) is 9.86 Å². The third kappa shape index (κ3) is 1.73. The quantitative estimate of drug-likeness (QED) is 0.819. The zero-order valence-corrected chi connectivity index (χ0v) is 10.9. The molecule has 1 aromatic carbocycles. The first-order valence-corrected chi connectivity index (χ1v) is 6.33. The molecule has 3 rings (SSSR count). The number of hydrogen-bond acceptors (Lipinski definition) is 4. The van der Waals surface area contributed by atoms with E-state index in [4.69, 9.17) is 4.52 Å². The summed E-state index contributed by atoms with van der Waals surface area (Å²) < 4.78 is 6.04. The van der Waals surface area contributed by atoms with E-state index in [2.05, 4.69) is 26.4 Å². The largest absolute Gasteiger partial charge is 0.355 e. The van der Waals surface area contributed by atoms with Gasteiger partial charge in [-0.25, -0.2) is 0 Å². The highest BCUT2D eigenvalue weighted by atomic mass is 79.9. The first-order chi connectivity index (χ1) is 8.66. The Bertz CT molecular complexity index is 650. The maximum Gasteiger partial charge on any atom is 0.235 e. The summed E-state index contributed by atoms with van der Waals surface area (Å²) in [6.07, 6.45) is 0.803. The van der Waals surface area contributed by atoms with Gasteiger partial charge in [0.2, 0.25) is 11.8 Å². The van der Waals surface area contributed by atoms with Crippen LogP contribution < -0.4 is 5.32 Å². The molecule has 1 aromatic heterocycles. The van der Waals surface area contributed by atoms with Crippen LogP contribution in [0.15, 0.2) is 27.2 Å². The molecule has 1 fully saturated rings. The zero-order valence-electron chi connectivity index (χ0n) is 9.27. The fraction of sp³-hybridized carbons (Fsp3) is 0.250. The predicted octanol–water partition coefficient (Wildman–Crippen LogP) is 2.11. The molecule has 0 spiro atoms. The second kappa shape index (κ2) is 4.20. The molecule has 1 saturated heterocycles. The van der Waals surface area contributed by atoms with Gasteiger partial charge in [-0.15, -0.1) is 0 Å². The standard InChI is InChI=1S/C12H9BrN2O3/c13-8-3-1-2-6-10(15-18-11(6)8)7-4-5-9(16)14-12(7)17/h1-3,7H,4-5H2,(H,14,16,17). The van der Waals surface area contributed by atoms with Gasteiger partial charge in [-0.05, 0) is 34.5 Å². The molecule has 5 nitrogen and oxygen atoms in total. The van der Waals surface area contributed by atoms with Crippen LogP contribution in [0.5, 0.6) is 0 Å². The van der Waals surface area contributed by atoms with E-state index >= 15 is 0 Å². The molecule has 1 atom stereocenters. The molecule has 1 aliphatic rings. The van der Waals surface area contributed by atoms with Crippen LogP contribution in [0.2, 0.25) is 0 Å². The molecule has 0 saturated carbocycles. The Morgan fingerprint density at radius 3 is 3.00 bits per heavy atom. The smallest absolute Gasteiger partial charge is 0.235 e. The van der Waals surface area contributed by atoms with Crippen LogP contribution in [0.1, 0.15) is 24.5 Å². The van der Waals surface area contributed by atoms with Gasteiger partial charge in [0.1, 0.15) is 5.69 Å². The minimum atomic E-state index is -0.418. The molecule has 2 amide bonds. The summed E-state index contributed by atoms with van der Waals surface area (Å²) in [6.45, 7) is 0. The summed E-state index contributed by atoms with van der Waals surface area (Å²) in [6, 6.07) is 5.57. The number of carbonyl (C=O) groups excluding carboxylic acids is 2.